The fourth-order valence-corrected chi connectivity index (χ4v) is 6.82. The number of rotatable bonds is 41. The molecule has 3 unspecified atom stereocenters. The number of nitrogens with two attached hydrogens (primary N) is 1. The normalized spacial score (nSPS) is 14.8. The van der Waals surface area contributed by atoms with Crippen molar-refractivity contribution in [2.24, 2.45) is 5.73 Å². The zero-order valence-electron chi connectivity index (χ0n) is 36.3. The second-order valence-electron chi connectivity index (χ2n) is 14.9. The lowest BCUT2D eigenvalue weighted by atomic mass is 10.0. The molecule has 0 fully saturated rings. The monoisotopic (exact) mass is 817 g/mol. The van der Waals surface area contributed by atoms with Crippen LogP contribution in [0.5, 0.6) is 0 Å². The highest BCUT2D eigenvalue weighted by Gasteiger charge is 2.26. The van der Waals surface area contributed by atoms with Crippen molar-refractivity contribution in [3.63, 3.8) is 0 Å². The van der Waals surface area contributed by atoms with Gasteiger partial charge in [-0.2, -0.15) is 0 Å². The van der Waals surface area contributed by atoms with Crippen LogP contribution in [0.2, 0.25) is 0 Å². The average Bonchev–Trinajstić information content (AvgIpc) is 3.20. The van der Waals surface area contributed by atoms with Crippen molar-refractivity contribution < 1.29 is 28.4 Å². The number of hydrogen-bond donors (Lipinski definition) is 4. The highest BCUT2D eigenvalue weighted by Crippen LogP contribution is 2.43. The quantitative estimate of drug-likeness (QED) is 0.0274. The molecule has 0 saturated heterocycles. The van der Waals surface area contributed by atoms with E-state index in [1.165, 1.54) is 83.5 Å². The molecule has 8 nitrogen and oxygen atoms in total. The SMILES string of the molecule is CC/C=C\C/C=C\C/C=C\C/C=C\C/C=C\CCCCCC(=O)NC(COP(=O)(O)OCCN)C(O)/C=C/CC/C=C/CCCCCCCCCCCCCCC. The molecular formula is C48H85N2O6P. The van der Waals surface area contributed by atoms with Crippen molar-refractivity contribution in [2.45, 2.75) is 193 Å². The minimum Gasteiger partial charge on any atom is -0.387 e. The molecule has 57 heavy (non-hydrogen) atoms. The number of allylic oxidation sites excluding steroid dienone is 13. The van der Waals surface area contributed by atoms with Crippen molar-refractivity contribution in [2.75, 3.05) is 19.8 Å². The van der Waals surface area contributed by atoms with Gasteiger partial charge in [0.15, 0.2) is 0 Å². The summed E-state index contributed by atoms with van der Waals surface area (Å²) >= 11 is 0. The smallest absolute Gasteiger partial charge is 0.387 e. The van der Waals surface area contributed by atoms with Gasteiger partial charge < -0.3 is 21.1 Å². The first kappa shape index (κ1) is 54.7. The van der Waals surface area contributed by atoms with Gasteiger partial charge in [0.05, 0.1) is 25.4 Å². The Morgan fingerprint density at radius 1 is 0.596 bits per heavy atom. The Labute approximate surface area is 349 Å². The van der Waals surface area contributed by atoms with Crippen LogP contribution in [-0.4, -0.2) is 47.8 Å². The van der Waals surface area contributed by atoms with E-state index in [2.05, 4.69) is 92.1 Å². The van der Waals surface area contributed by atoms with Crippen LogP contribution in [0.15, 0.2) is 85.1 Å². The van der Waals surface area contributed by atoms with E-state index in [9.17, 15) is 19.4 Å². The third-order valence-corrected chi connectivity index (χ3v) is 10.4. The molecule has 0 aliphatic carbocycles. The summed E-state index contributed by atoms with van der Waals surface area (Å²) in [5, 5.41) is 13.6. The predicted molar refractivity (Wildman–Crippen MR) is 244 cm³/mol. The molecule has 0 heterocycles. The summed E-state index contributed by atoms with van der Waals surface area (Å²) in [6, 6.07) is -0.900. The molecule has 0 spiro atoms. The molecule has 0 aliphatic heterocycles. The molecule has 1 amide bonds. The van der Waals surface area contributed by atoms with Crippen LogP contribution < -0.4 is 11.1 Å². The minimum atomic E-state index is -4.36. The van der Waals surface area contributed by atoms with Gasteiger partial charge in [-0.1, -0.05) is 182 Å². The Bertz CT molecular complexity index is 1160. The summed E-state index contributed by atoms with van der Waals surface area (Å²) in [6.45, 7) is 3.96. The number of carbonyl (C=O) groups is 1. The Balaban J connectivity index is 4.33. The van der Waals surface area contributed by atoms with E-state index in [-0.39, 0.29) is 25.7 Å². The van der Waals surface area contributed by atoms with Gasteiger partial charge >= 0.3 is 7.82 Å². The van der Waals surface area contributed by atoms with Crippen molar-refractivity contribution in [3.8, 4) is 0 Å². The summed E-state index contributed by atoms with van der Waals surface area (Å²) in [4.78, 5) is 22.7. The van der Waals surface area contributed by atoms with Crippen molar-refractivity contribution in [3.05, 3.63) is 85.1 Å². The maximum atomic E-state index is 12.8. The zero-order chi connectivity index (χ0) is 41.8. The second kappa shape index (κ2) is 43.3. The molecule has 5 N–H and O–H groups in total. The van der Waals surface area contributed by atoms with Crippen molar-refractivity contribution in [1.29, 1.82) is 0 Å². The van der Waals surface area contributed by atoms with E-state index in [0.29, 0.717) is 12.8 Å². The summed E-state index contributed by atoms with van der Waals surface area (Å²) in [5.74, 6) is -0.238. The molecule has 0 aromatic carbocycles. The van der Waals surface area contributed by atoms with Crippen LogP contribution in [0.4, 0.5) is 0 Å². The molecular weight excluding hydrogens is 732 g/mol. The third kappa shape index (κ3) is 41.6. The number of carbonyl (C=O) groups excluding carboxylic acids is 1. The predicted octanol–water partition coefficient (Wildman–Crippen LogP) is 13.0. The number of hydrogen-bond acceptors (Lipinski definition) is 6. The number of amides is 1. The first-order valence-electron chi connectivity index (χ1n) is 22.7. The molecule has 0 aromatic rings. The number of unbranched alkanes of at least 4 members (excludes halogenated alkanes) is 17. The topological polar surface area (TPSA) is 131 Å². The highest BCUT2D eigenvalue weighted by molar-refractivity contribution is 7.47. The van der Waals surface area contributed by atoms with Gasteiger partial charge in [-0.25, -0.2) is 4.57 Å². The summed E-state index contributed by atoms with van der Waals surface area (Å²) < 4.78 is 22.1. The number of phosphoric ester groups is 1. The molecule has 3 atom stereocenters. The molecule has 328 valence electrons. The van der Waals surface area contributed by atoms with E-state index in [1.807, 2.05) is 6.08 Å². The van der Waals surface area contributed by atoms with Gasteiger partial charge in [0.1, 0.15) is 0 Å². The van der Waals surface area contributed by atoms with E-state index in [0.717, 1.165) is 70.6 Å². The third-order valence-electron chi connectivity index (χ3n) is 9.45. The summed E-state index contributed by atoms with van der Waals surface area (Å²) in [5.41, 5.74) is 5.37. The Hall–Kier alpha value is -2.32. The molecule has 0 saturated carbocycles. The molecule has 0 bridgehead atoms. The molecule has 0 aromatic heterocycles. The molecule has 9 heteroatoms. The minimum absolute atomic E-state index is 0.0639. The number of aliphatic hydroxyl groups excluding tert-OH is 1. The zero-order valence-corrected chi connectivity index (χ0v) is 37.2. The van der Waals surface area contributed by atoms with E-state index in [4.69, 9.17) is 14.8 Å². The fraction of sp³-hybridized carbons (Fsp3) is 0.688. The molecule has 0 aliphatic rings. The lowest BCUT2D eigenvalue weighted by Gasteiger charge is -2.23. The first-order valence-corrected chi connectivity index (χ1v) is 24.2. The van der Waals surface area contributed by atoms with Crippen LogP contribution in [0.1, 0.15) is 181 Å². The summed E-state index contributed by atoms with van der Waals surface area (Å²) in [6.07, 6.45) is 57.8. The first-order chi connectivity index (χ1) is 27.9. The Morgan fingerprint density at radius 3 is 1.56 bits per heavy atom. The van der Waals surface area contributed by atoms with Crippen LogP contribution in [0.25, 0.3) is 0 Å². The van der Waals surface area contributed by atoms with E-state index >= 15 is 0 Å². The molecule has 0 rings (SSSR count). The maximum absolute atomic E-state index is 12.8. The maximum Gasteiger partial charge on any atom is 0.472 e. The fourth-order valence-electron chi connectivity index (χ4n) is 6.06. The van der Waals surface area contributed by atoms with Crippen LogP contribution in [0, 0.1) is 0 Å². The lowest BCUT2D eigenvalue weighted by Crippen LogP contribution is -2.45. The number of nitrogens with one attached hydrogen (secondary N) is 1. The Kier molecular flexibility index (Phi) is 41.5. The van der Waals surface area contributed by atoms with Gasteiger partial charge in [-0.15, -0.1) is 0 Å². The number of phosphoric acid groups is 1. The number of aliphatic hydroxyl groups is 1. The Morgan fingerprint density at radius 2 is 1.04 bits per heavy atom. The van der Waals surface area contributed by atoms with E-state index in [1.54, 1.807) is 6.08 Å². The van der Waals surface area contributed by atoms with Crippen molar-refractivity contribution >= 4 is 13.7 Å². The standard InChI is InChI=1S/C48H85N2O6P/c1-3-5-7-9-11-13-15-17-19-21-23-25-27-29-31-33-35-37-39-41-47(51)46(45-56-57(53,54)55-44-43-49)50-48(52)42-40-38-36-34-32-30-28-26-24-22-20-18-16-14-12-10-8-6-4-2/h6,8,12,14,18,20,24,26,30-33,39,41,46-47,51H,3-5,7,9-11,13,15-17,19,21-23,25,27-29,34-38,40,42-45,49H2,1-2H3,(H,50,52)(H,53,54)/b8-6-,14-12-,20-18-,26-24-,32-30-,33-31+,41-39+. The second-order valence-corrected chi connectivity index (χ2v) is 16.3. The van der Waals surface area contributed by atoms with Gasteiger partial charge in [-0.05, 0) is 77.0 Å². The highest BCUT2D eigenvalue weighted by atomic mass is 31.2. The largest absolute Gasteiger partial charge is 0.472 e. The van der Waals surface area contributed by atoms with Gasteiger partial charge in [0, 0.05) is 13.0 Å². The van der Waals surface area contributed by atoms with Crippen molar-refractivity contribution in [1.82, 2.24) is 5.32 Å². The van der Waals surface area contributed by atoms with Gasteiger partial charge in [0.2, 0.25) is 5.91 Å². The average molecular weight is 817 g/mol. The van der Waals surface area contributed by atoms with E-state index < -0.39 is 20.0 Å². The van der Waals surface area contributed by atoms with Crippen LogP contribution >= 0.6 is 7.82 Å². The van der Waals surface area contributed by atoms with Crippen LogP contribution in [-0.2, 0) is 18.4 Å². The lowest BCUT2D eigenvalue weighted by molar-refractivity contribution is -0.123. The molecule has 0 radical (unpaired) electrons. The summed E-state index contributed by atoms with van der Waals surface area (Å²) in [7, 11) is -4.36. The van der Waals surface area contributed by atoms with Gasteiger partial charge in [0.25, 0.3) is 0 Å². The van der Waals surface area contributed by atoms with Gasteiger partial charge in [-0.3, -0.25) is 13.8 Å². The van der Waals surface area contributed by atoms with Crippen LogP contribution in [0.3, 0.4) is 0 Å².